The van der Waals surface area contributed by atoms with Crippen LogP contribution in [0.5, 0.6) is 0 Å². The molecular formula is C11H16N4O2. The van der Waals surface area contributed by atoms with Crippen LogP contribution in [0.25, 0.3) is 0 Å². The molecule has 3 N–H and O–H groups in total. The zero-order valence-electron chi connectivity index (χ0n) is 9.76. The quantitative estimate of drug-likeness (QED) is 0.720. The van der Waals surface area contributed by atoms with E-state index in [0.717, 1.165) is 0 Å². The van der Waals surface area contributed by atoms with Crippen LogP contribution in [-0.4, -0.2) is 43.5 Å². The van der Waals surface area contributed by atoms with E-state index in [1.807, 2.05) is 11.0 Å². The number of hydrogen-bond acceptors (Lipinski definition) is 6. The first-order chi connectivity index (χ1) is 8.22. The van der Waals surface area contributed by atoms with E-state index < -0.39 is 0 Å². The van der Waals surface area contributed by atoms with Gasteiger partial charge in [-0.3, -0.25) is 0 Å². The fraction of sp³-hybridized carbons (Fsp3) is 0.455. The number of methoxy groups -OCH3 is 1. The smallest absolute Gasteiger partial charge is 0.152 e. The summed E-state index contributed by atoms with van der Waals surface area (Å²) in [7, 11) is 1.60. The molecule has 1 rings (SSSR count). The van der Waals surface area contributed by atoms with Crippen molar-refractivity contribution in [1.82, 2.24) is 4.98 Å². The van der Waals surface area contributed by atoms with Crippen LogP contribution in [0, 0.1) is 11.3 Å². The standard InChI is InChI=1S/C11H16N4O2/c1-17-5-3-15(2-4-16)11-10(13)6-9(7-12)8-14-11/h6,8,16H,2-5,13H2,1H3. The minimum Gasteiger partial charge on any atom is -0.396 e. The van der Waals surface area contributed by atoms with Crippen LogP contribution in [0.3, 0.4) is 0 Å². The van der Waals surface area contributed by atoms with E-state index in [9.17, 15) is 0 Å². The Labute approximate surface area is 100 Å². The van der Waals surface area contributed by atoms with Crippen molar-refractivity contribution in [2.75, 3.05) is 44.0 Å². The summed E-state index contributed by atoms with van der Waals surface area (Å²) in [6, 6.07) is 3.54. The van der Waals surface area contributed by atoms with E-state index in [0.29, 0.717) is 36.8 Å². The van der Waals surface area contributed by atoms with Gasteiger partial charge < -0.3 is 20.5 Å². The fourth-order valence-corrected chi connectivity index (χ4v) is 1.45. The molecule has 0 aliphatic rings. The zero-order chi connectivity index (χ0) is 12.7. The van der Waals surface area contributed by atoms with Crippen molar-refractivity contribution in [3.8, 4) is 6.07 Å². The number of ether oxygens (including phenoxy) is 1. The monoisotopic (exact) mass is 236 g/mol. The third-order valence-corrected chi connectivity index (χ3v) is 2.26. The molecule has 6 heteroatoms. The Kier molecular flexibility index (Phi) is 5.20. The number of aliphatic hydroxyl groups excluding tert-OH is 1. The van der Waals surface area contributed by atoms with Gasteiger partial charge in [0.25, 0.3) is 0 Å². The molecule has 1 aromatic rings. The van der Waals surface area contributed by atoms with Crippen molar-refractivity contribution in [2.24, 2.45) is 0 Å². The van der Waals surface area contributed by atoms with Crippen molar-refractivity contribution in [2.45, 2.75) is 0 Å². The minimum absolute atomic E-state index is 0.00480. The molecule has 0 radical (unpaired) electrons. The van der Waals surface area contributed by atoms with Crippen molar-refractivity contribution in [3.63, 3.8) is 0 Å². The third-order valence-electron chi connectivity index (χ3n) is 2.26. The summed E-state index contributed by atoms with van der Waals surface area (Å²) >= 11 is 0. The molecule has 0 saturated heterocycles. The lowest BCUT2D eigenvalue weighted by Crippen LogP contribution is -2.31. The van der Waals surface area contributed by atoms with Gasteiger partial charge in [0.15, 0.2) is 5.82 Å². The predicted molar refractivity (Wildman–Crippen MR) is 64.5 cm³/mol. The first kappa shape index (κ1) is 13.2. The lowest BCUT2D eigenvalue weighted by molar-refractivity contribution is 0.202. The molecule has 0 spiro atoms. The average Bonchev–Trinajstić information content (AvgIpc) is 2.34. The molecule has 17 heavy (non-hydrogen) atoms. The number of aliphatic hydroxyl groups is 1. The molecule has 0 unspecified atom stereocenters. The normalized spacial score (nSPS) is 9.94. The highest BCUT2D eigenvalue weighted by atomic mass is 16.5. The Morgan fingerprint density at radius 1 is 1.59 bits per heavy atom. The maximum absolute atomic E-state index is 8.99. The van der Waals surface area contributed by atoms with Crippen LogP contribution < -0.4 is 10.6 Å². The highest BCUT2D eigenvalue weighted by molar-refractivity contribution is 5.64. The van der Waals surface area contributed by atoms with E-state index in [2.05, 4.69) is 4.98 Å². The summed E-state index contributed by atoms with van der Waals surface area (Å²) < 4.78 is 4.98. The van der Waals surface area contributed by atoms with E-state index in [4.69, 9.17) is 20.8 Å². The molecule has 0 amide bonds. The third kappa shape index (κ3) is 3.59. The number of pyridine rings is 1. The lowest BCUT2D eigenvalue weighted by Gasteiger charge is -2.23. The second-order valence-corrected chi connectivity index (χ2v) is 3.45. The largest absolute Gasteiger partial charge is 0.396 e. The van der Waals surface area contributed by atoms with Crippen LogP contribution in [0.2, 0.25) is 0 Å². The highest BCUT2D eigenvalue weighted by Crippen LogP contribution is 2.20. The van der Waals surface area contributed by atoms with Gasteiger partial charge in [-0.1, -0.05) is 0 Å². The summed E-state index contributed by atoms with van der Waals surface area (Å²) in [4.78, 5) is 5.95. The number of hydrogen-bond donors (Lipinski definition) is 2. The Balaban J connectivity index is 2.89. The Morgan fingerprint density at radius 2 is 2.35 bits per heavy atom. The van der Waals surface area contributed by atoms with Crippen molar-refractivity contribution >= 4 is 11.5 Å². The Hall–Kier alpha value is -1.84. The Bertz CT molecular complexity index is 403. The second-order valence-electron chi connectivity index (χ2n) is 3.45. The average molecular weight is 236 g/mol. The number of nitrogen functional groups attached to an aromatic ring is 1. The highest BCUT2D eigenvalue weighted by Gasteiger charge is 2.11. The second kappa shape index (κ2) is 6.68. The summed E-state index contributed by atoms with van der Waals surface area (Å²) in [6.45, 7) is 1.53. The van der Waals surface area contributed by atoms with Crippen molar-refractivity contribution < 1.29 is 9.84 Å². The molecule has 0 aliphatic heterocycles. The predicted octanol–water partition coefficient (Wildman–Crippen LogP) is -0.0194. The first-order valence-electron chi connectivity index (χ1n) is 5.23. The van der Waals surface area contributed by atoms with Crippen LogP contribution in [-0.2, 0) is 4.74 Å². The van der Waals surface area contributed by atoms with Crippen LogP contribution in [0.1, 0.15) is 5.56 Å². The van der Waals surface area contributed by atoms with Gasteiger partial charge in [0, 0.05) is 26.4 Å². The van der Waals surface area contributed by atoms with Gasteiger partial charge in [-0.25, -0.2) is 4.98 Å². The van der Waals surface area contributed by atoms with Gasteiger partial charge in [-0.2, -0.15) is 5.26 Å². The minimum atomic E-state index is 0.00480. The topological polar surface area (TPSA) is 95.4 Å². The van der Waals surface area contributed by atoms with Gasteiger partial charge in [0.1, 0.15) is 6.07 Å². The molecule has 0 saturated carbocycles. The van der Waals surface area contributed by atoms with Crippen molar-refractivity contribution in [1.29, 1.82) is 5.26 Å². The molecule has 0 atom stereocenters. The maximum Gasteiger partial charge on any atom is 0.152 e. The molecule has 0 fully saturated rings. The lowest BCUT2D eigenvalue weighted by atomic mass is 10.2. The van der Waals surface area contributed by atoms with Gasteiger partial charge in [-0.15, -0.1) is 0 Å². The Morgan fingerprint density at radius 3 is 2.88 bits per heavy atom. The first-order valence-corrected chi connectivity index (χ1v) is 5.23. The number of nitrogens with zero attached hydrogens (tertiary/aromatic N) is 3. The fourth-order valence-electron chi connectivity index (χ4n) is 1.45. The number of nitriles is 1. The van der Waals surface area contributed by atoms with Crippen LogP contribution >= 0.6 is 0 Å². The van der Waals surface area contributed by atoms with Crippen LogP contribution in [0.15, 0.2) is 12.3 Å². The SMILES string of the molecule is COCCN(CCO)c1ncc(C#N)cc1N. The molecule has 6 nitrogen and oxygen atoms in total. The number of aromatic nitrogens is 1. The number of anilines is 2. The van der Waals surface area contributed by atoms with Gasteiger partial charge in [0.05, 0.1) is 24.5 Å². The van der Waals surface area contributed by atoms with Crippen LogP contribution in [0.4, 0.5) is 11.5 Å². The molecule has 0 aromatic carbocycles. The van der Waals surface area contributed by atoms with Crippen molar-refractivity contribution in [3.05, 3.63) is 17.8 Å². The molecular weight excluding hydrogens is 220 g/mol. The zero-order valence-corrected chi connectivity index (χ0v) is 9.76. The summed E-state index contributed by atoms with van der Waals surface area (Å²) in [5, 5.41) is 17.7. The van der Waals surface area contributed by atoms with E-state index in [1.165, 1.54) is 6.20 Å². The molecule has 0 aliphatic carbocycles. The van der Waals surface area contributed by atoms with Gasteiger partial charge in [-0.05, 0) is 6.07 Å². The van der Waals surface area contributed by atoms with Gasteiger partial charge >= 0.3 is 0 Å². The van der Waals surface area contributed by atoms with E-state index in [1.54, 1.807) is 13.2 Å². The van der Waals surface area contributed by atoms with Gasteiger partial charge in [0.2, 0.25) is 0 Å². The summed E-state index contributed by atoms with van der Waals surface area (Å²) in [6.07, 6.45) is 1.46. The molecule has 92 valence electrons. The van der Waals surface area contributed by atoms with E-state index >= 15 is 0 Å². The number of rotatable bonds is 6. The van der Waals surface area contributed by atoms with E-state index in [-0.39, 0.29) is 6.61 Å². The maximum atomic E-state index is 8.99. The summed E-state index contributed by atoms with van der Waals surface area (Å²) in [5.74, 6) is 0.565. The molecule has 1 aromatic heterocycles. The number of nitrogens with two attached hydrogens (primary N) is 1. The molecule has 0 bridgehead atoms. The summed E-state index contributed by atoms with van der Waals surface area (Å²) in [5.41, 5.74) is 6.67. The molecule has 1 heterocycles.